The Morgan fingerprint density at radius 1 is 1.50 bits per heavy atom. The maximum absolute atomic E-state index is 14.8. The number of carbonyl (C=O) groups excluding carboxylic acids is 2. The second-order valence-corrected chi connectivity index (χ2v) is 7.60. The SMILES string of the molecule is CCOC(=O)/C=C1\CN(C(C2=CC=CC(=C=O)C2F)C2CC2)CCC1S. The zero-order valence-electron chi connectivity index (χ0n) is 14.9. The Kier molecular flexibility index (Phi) is 6.17. The van der Waals surface area contributed by atoms with Crippen molar-refractivity contribution in [2.24, 2.45) is 5.92 Å². The van der Waals surface area contributed by atoms with Gasteiger partial charge in [0, 0.05) is 30.5 Å². The summed E-state index contributed by atoms with van der Waals surface area (Å²) in [5.74, 6) is 1.75. The molecule has 3 rings (SSSR count). The predicted molar refractivity (Wildman–Crippen MR) is 102 cm³/mol. The summed E-state index contributed by atoms with van der Waals surface area (Å²) in [5.41, 5.74) is 1.58. The molecule has 3 aliphatic rings. The summed E-state index contributed by atoms with van der Waals surface area (Å²) in [6, 6.07) is -0.0651. The number of likely N-dealkylation sites (tertiary alicyclic amines) is 1. The Bertz CT molecular complexity index is 704. The summed E-state index contributed by atoms with van der Waals surface area (Å²) in [6.45, 7) is 3.44. The van der Waals surface area contributed by atoms with Crippen LogP contribution in [0, 0.1) is 5.92 Å². The smallest absolute Gasteiger partial charge is 0.330 e. The summed E-state index contributed by atoms with van der Waals surface area (Å²) in [6.07, 6.45) is 8.00. The van der Waals surface area contributed by atoms with Crippen molar-refractivity contribution in [2.75, 3.05) is 19.7 Å². The lowest BCUT2D eigenvalue weighted by atomic mass is 9.88. The van der Waals surface area contributed by atoms with Crippen molar-refractivity contribution in [3.05, 3.63) is 41.0 Å². The highest BCUT2D eigenvalue weighted by molar-refractivity contribution is 7.81. The third-order valence-electron chi connectivity index (χ3n) is 5.14. The van der Waals surface area contributed by atoms with Gasteiger partial charge >= 0.3 is 5.97 Å². The molecule has 0 N–H and O–H groups in total. The molecule has 3 atom stereocenters. The Labute approximate surface area is 158 Å². The van der Waals surface area contributed by atoms with Crippen LogP contribution < -0.4 is 0 Å². The lowest BCUT2D eigenvalue weighted by Gasteiger charge is -2.40. The van der Waals surface area contributed by atoms with Gasteiger partial charge in [-0.1, -0.05) is 12.2 Å². The van der Waals surface area contributed by atoms with Gasteiger partial charge in [-0.2, -0.15) is 12.6 Å². The minimum absolute atomic E-state index is 0.00217. The fourth-order valence-electron chi connectivity index (χ4n) is 3.75. The molecule has 1 saturated carbocycles. The number of hydrogen-bond acceptors (Lipinski definition) is 5. The summed E-state index contributed by atoms with van der Waals surface area (Å²) in [7, 11) is 0. The van der Waals surface area contributed by atoms with Crippen LogP contribution in [-0.2, 0) is 14.3 Å². The number of halogens is 1. The number of hydrogen-bond donors (Lipinski definition) is 1. The monoisotopic (exact) mass is 377 g/mol. The molecule has 0 aromatic rings. The molecule has 1 saturated heterocycles. The largest absolute Gasteiger partial charge is 0.463 e. The Balaban J connectivity index is 1.83. The molecule has 0 bridgehead atoms. The molecule has 0 aromatic carbocycles. The molecule has 140 valence electrons. The van der Waals surface area contributed by atoms with E-state index in [1.807, 2.05) is 0 Å². The van der Waals surface area contributed by atoms with Gasteiger partial charge in [-0.05, 0) is 49.3 Å². The van der Waals surface area contributed by atoms with E-state index in [1.165, 1.54) is 12.2 Å². The van der Waals surface area contributed by atoms with E-state index in [9.17, 15) is 14.0 Å². The van der Waals surface area contributed by atoms with Gasteiger partial charge < -0.3 is 4.74 Å². The molecular formula is C20H24FNO3S. The highest BCUT2D eigenvalue weighted by Crippen LogP contribution is 2.43. The molecule has 0 aromatic heterocycles. The lowest BCUT2D eigenvalue weighted by Crippen LogP contribution is -2.47. The van der Waals surface area contributed by atoms with Crippen LogP contribution >= 0.6 is 12.6 Å². The quantitative estimate of drug-likeness (QED) is 0.346. The molecule has 4 nitrogen and oxygen atoms in total. The average Bonchev–Trinajstić information content (AvgIpc) is 3.44. The Hall–Kier alpha value is -1.62. The van der Waals surface area contributed by atoms with Gasteiger partial charge in [0.15, 0.2) is 6.17 Å². The molecule has 1 heterocycles. The first-order valence-electron chi connectivity index (χ1n) is 9.11. The van der Waals surface area contributed by atoms with Crippen molar-refractivity contribution < 1.29 is 18.7 Å². The first-order valence-corrected chi connectivity index (χ1v) is 9.63. The van der Waals surface area contributed by atoms with E-state index in [1.54, 1.807) is 25.0 Å². The molecular weight excluding hydrogens is 353 g/mol. The van der Waals surface area contributed by atoms with Crippen LogP contribution in [0.5, 0.6) is 0 Å². The number of rotatable bonds is 5. The lowest BCUT2D eigenvalue weighted by molar-refractivity contribution is -0.137. The minimum Gasteiger partial charge on any atom is -0.463 e. The van der Waals surface area contributed by atoms with Crippen LogP contribution in [0.3, 0.4) is 0 Å². The van der Waals surface area contributed by atoms with E-state index in [0.717, 1.165) is 31.4 Å². The summed E-state index contributed by atoms with van der Waals surface area (Å²) >= 11 is 4.59. The third kappa shape index (κ3) is 4.20. The van der Waals surface area contributed by atoms with Crippen molar-refractivity contribution in [1.82, 2.24) is 4.90 Å². The topological polar surface area (TPSA) is 46.6 Å². The van der Waals surface area contributed by atoms with Gasteiger partial charge in [-0.15, -0.1) is 0 Å². The second-order valence-electron chi connectivity index (χ2n) is 6.97. The number of nitrogens with zero attached hydrogens (tertiary/aromatic N) is 1. The molecule has 2 fully saturated rings. The second kappa shape index (κ2) is 8.38. The normalized spacial score (nSPS) is 29.3. The maximum Gasteiger partial charge on any atom is 0.330 e. The van der Waals surface area contributed by atoms with E-state index < -0.39 is 6.17 Å². The summed E-state index contributed by atoms with van der Waals surface area (Å²) in [5, 5.41) is 0.00217. The van der Waals surface area contributed by atoms with Crippen LogP contribution in [-0.4, -0.2) is 54.0 Å². The van der Waals surface area contributed by atoms with Crippen LogP contribution in [0.25, 0.3) is 0 Å². The van der Waals surface area contributed by atoms with E-state index in [0.29, 0.717) is 24.6 Å². The van der Waals surface area contributed by atoms with Crippen LogP contribution in [0.15, 0.2) is 41.0 Å². The summed E-state index contributed by atoms with van der Waals surface area (Å²) in [4.78, 5) is 25.1. The van der Waals surface area contributed by atoms with Crippen LogP contribution in [0.1, 0.15) is 26.2 Å². The number of ether oxygens (including phenoxy) is 1. The number of piperidine rings is 1. The van der Waals surface area contributed by atoms with Crippen LogP contribution in [0.2, 0.25) is 0 Å². The van der Waals surface area contributed by atoms with Crippen molar-refractivity contribution in [2.45, 2.75) is 43.6 Å². The van der Waals surface area contributed by atoms with Crippen molar-refractivity contribution in [3.63, 3.8) is 0 Å². The highest BCUT2D eigenvalue weighted by atomic mass is 32.1. The van der Waals surface area contributed by atoms with Gasteiger partial charge in [-0.25, -0.2) is 14.0 Å². The van der Waals surface area contributed by atoms with Gasteiger partial charge in [0.05, 0.1) is 12.2 Å². The van der Waals surface area contributed by atoms with Crippen molar-refractivity contribution in [1.29, 1.82) is 0 Å². The number of esters is 1. The number of carbonyl (C=O) groups is 1. The van der Waals surface area contributed by atoms with E-state index >= 15 is 0 Å². The van der Waals surface area contributed by atoms with Crippen molar-refractivity contribution >= 4 is 24.5 Å². The van der Waals surface area contributed by atoms with Gasteiger partial charge in [0.25, 0.3) is 0 Å². The minimum atomic E-state index is -1.41. The van der Waals surface area contributed by atoms with Gasteiger partial charge in [-0.3, -0.25) is 4.90 Å². The first-order chi connectivity index (χ1) is 12.5. The maximum atomic E-state index is 14.8. The number of thiol groups is 1. The van der Waals surface area contributed by atoms with Crippen molar-refractivity contribution in [3.8, 4) is 0 Å². The first kappa shape index (κ1) is 19.2. The van der Waals surface area contributed by atoms with E-state index in [2.05, 4.69) is 17.5 Å². The Morgan fingerprint density at radius 2 is 2.27 bits per heavy atom. The fourth-order valence-corrected chi connectivity index (χ4v) is 4.02. The molecule has 0 radical (unpaired) electrons. The molecule has 6 heteroatoms. The summed E-state index contributed by atoms with van der Waals surface area (Å²) < 4.78 is 19.9. The molecule has 1 aliphatic heterocycles. The predicted octanol–water partition coefficient (Wildman–Crippen LogP) is 2.85. The molecule has 26 heavy (non-hydrogen) atoms. The standard InChI is InChI=1S/C20H24FNO3S/c1-2-25-18(24)10-15-11-22(9-8-17(15)26)20(13-6-7-13)16-5-3-4-14(12-23)19(16)21/h3-5,10,13,17,19-20,26H,2,6-9,11H2,1H3/b15-10+. The molecule has 0 amide bonds. The number of alkyl halides is 1. The highest BCUT2D eigenvalue weighted by Gasteiger charge is 2.42. The van der Waals surface area contributed by atoms with E-state index in [-0.39, 0.29) is 22.8 Å². The number of allylic oxidation sites excluding steroid dienone is 4. The molecule has 2 aliphatic carbocycles. The molecule has 3 unspecified atom stereocenters. The fraction of sp³-hybridized carbons (Fsp3) is 0.550. The van der Waals surface area contributed by atoms with Crippen LogP contribution in [0.4, 0.5) is 4.39 Å². The van der Waals surface area contributed by atoms with Gasteiger partial charge in [0.1, 0.15) is 5.94 Å². The zero-order valence-corrected chi connectivity index (χ0v) is 15.8. The average molecular weight is 377 g/mol. The molecule has 0 spiro atoms. The van der Waals surface area contributed by atoms with Gasteiger partial charge in [0.2, 0.25) is 0 Å². The third-order valence-corrected chi connectivity index (χ3v) is 5.73. The zero-order chi connectivity index (χ0) is 18.7. The Morgan fingerprint density at radius 3 is 2.92 bits per heavy atom. The van der Waals surface area contributed by atoms with E-state index in [4.69, 9.17) is 4.74 Å².